The molecule has 9 heteroatoms. The summed E-state index contributed by atoms with van der Waals surface area (Å²) >= 11 is 0. The molecule has 0 aromatic rings. The van der Waals surface area contributed by atoms with Crippen molar-refractivity contribution in [3.8, 4) is 0 Å². The van der Waals surface area contributed by atoms with Crippen LogP contribution in [0.15, 0.2) is 36.5 Å². The van der Waals surface area contributed by atoms with E-state index < -0.39 is 13.9 Å². The van der Waals surface area contributed by atoms with E-state index in [1.54, 1.807) is 0 Å². The summed E-state index contributed by atoms with van der Waals surface area (Å²) < 4.78 is 34.9. The van der Waals surface area contributed by atoms with Crippen LogP contribution in [0, 0.1) is 0 Å². The van der Waals surface area contributed by atoms with E-state index in [1.165, 1.54) is 218 Å². The summed E-state index contributed by atoms with van der Waals surface area (Å²) in [6.07, 6.45) is 66.2. The normalized spacial score (nSPS) is 13.7. The second-order valence-corrected chi connectivity index (χ2v) is 22.8. The van der Waals surface area contributed by atoms with Gasteiger partial charge in [-0.25, -0.2) is 0 Å². The molecule has 0 spiro atoms. The third kappa shape index (κ3) is 57.5. The molecule has 0 rings (SSSR count). The van der Waals surface area contributed by atoms with Crippen molar-refractivity contribution in [2.24, 2.45) is 0 Å². The number of likely N-dealkylation sites (N-methyl/N-ethyl adjacent to an activating group) is 1. The summed E-state index contributed by atoms with van der Waals surface area (Å²) in [5.74, 6) is -0.328. The van der Waals surface area contributed by atoms with Gasteiger partial charge in [-0.05, 0) is 51.4 Å². The van der Waals surface area contributed by atoms with Crippen molar-refractivity contribution >= 4 is 13.8 Å². The minimum atomic E-state index is -4.53. The maximum Gasteiger partial charge on any atom is 0.306 e. The maximum atomic E-state index is 12.8. The molecule has 0 heterocycles. The first kappa shape index (κ1) is 67.7. The van der Waals surface area contributed by atoms with Crippen LogP contribution in [0.2, 0.25) is 0 Å². The molecule has 2 unspecified atom stereocenters. The van der Waals surface area contributed by atoms with Gasteiger partial charge < -0.3 is 27.9 Å². The highest BCUT2D eigenvalue weighted by Crippen LogP contribution is 2.38. The van der Waals surface area contributed by atoms with E-state index in [-0.39, 0.29) is 25.8 Å². The largest absolute Gasteiger partial charge is 0.756 e. The van der Waals surface area contributed by atoms with Crippen molar-refractivity contribution in [2.45, 2.75) is 290 Å². The van der Waals surface area contributed by atoms with Crippen LogP contribution in [-0.4, -0.2) is 70.7 Å². The number of carbonyl (C=O) groups excluding carboxylic acids is 1. The first-order valence-electron chi connectivity index (χ1n) is 29.7. The summed E-state index contributed by atoms with van der Waals surface area (Å²) in [5, 5.41) is 0. The molecular formula is C60H116NO7P. The van der Waals surface area contributed by atoms with Gasteiger partial charge >= 0.3 is 5.97 Å². The fraction of sp³-hybridized carbons (Fsp3) is 0.883. The van der Waals surface area contributed by atoms with Gasteiger partial charge in [0, 0.05) is 13.0 Å². The molecule has 0 aromatic carbocycles. The number of esters is 1. The van der Waals surface area contributed by atoms with E-state index in [0.29, 0.717) is 24.1 Å². The van der Waals surface area contributed by atoms with Crippen LogP contribution in [0.3, 0.4) is 0 Å². The molecule has 0 aliphatic rings. The lowest BCUT2D eigenvalue weighted by Crippen LogP contribution is -2.37. The van der Waals surface area contributed by atoms with Crippen molar-refractivity contribution < 1.29 is 37.3 Å². The van der Waals surface area contributed by atoms with Crippen LogP contribution in [0.4, 0.5) is 0 Å². The first-order chi connectivity index (χ1) is 33.6. The standard InChI is InChI=1S/C60H116NO7P/c1-6-8-10-12-14-16-18-20-22-24-26-28-29-30-31-32-34-36-38-40-42-44-46-48-50-52-55-65-57-59(58-67-69(63,64)66-56-54-61(3,4)5)68-60(62)53-51-49-47-45-43-41-39-37-35-33-27-25-23-21-19-17-15-13-11-9-7-2/h18,20,24,26,29-30,59H,6-17,19,21-23,25,27-28,31-58H2,1-5H3/b20-18-,26-24-,30-29-. The van der Waals surface area contributed by atoms with Gasteiger partial charge in [-0.2, -0.15) is 0 Å². The number of quaternary nitrogens is 1. The zero-order valence-electron chi connectivity index (χ0n) is 46.5. The van der Waals surface area contributed by atoms with Gasteiger partial charge in [0.15, 0.2) is 0 Å². The second-order valence-electron chi connectivity index (χ2n) is 21.4. The molecule has 408 valence electrons. The lowest BCUT2D eigenvalue weighted by molar-refractivity contribution is -0.870. The number of nitrogens with zero attached hydrogens (tertiary/aromatic N) is 1. The molecule has 0 fully saturated rings. The Hall–Kier alpha value is -1.28. The van der Waals surface area contributed by atoms with Crippen LogP contribution in [-0.2, 0) is 27.9 Å². The maximum absolute atomic E-state index is 12.8. The molecule has 2 atom stereocenters. The molecule has 0 saturated heterocycles. The predicted molar refractivity (Wildman–Crippen MR) is 296 cm³/mol. The SMILES string of the molecule is CCCCCCC/C=C\C/C=C\C/C=C\CCCCCCCCCCCCCOCC(COP(=O)([O-])OCC[N+](C)(C)C)OC(=O)CCCCCCCCCCCCCCCCCCCCCCC. The molecular weight excluding hydrogens is 878 g/mol. The molecule has 0 N–H and O–H groups in total. The summed E-state index contributed by atoms with van der Waals surface area (Å²) in [7, 11) is 1.37. The quantitative estimate of drug-likeness (QED) is 0.0197. The molecule has 0 aliphatic heterocycles. The predicted octanol–water partition coefficient (Wildman–Crippen LogP) is 18.2. The van der Waals surface area contributed by atoms with Gasteiger partial charge in [0.25, 0.3) is 7.82 Å². The topological polar surface area (TPSA) is 94.1 Å². The zero-order chi connectivity index (χ0) is 50.5. The highest BCUT2D eigenvalue weighted by Gasteiger charge is 2.20. The minimum absolute atomic E-state index is 0.0273. The Labute approximate surface area is 429 Å². The Morgan fingerprint density at radius 1 is 0.449 bits per heavy atom. The van der Waals surface area contributed by atoms with Crippen molar-refractivity contribution in [2.75, 3.05) is 54.1 Å². The number of phosphoric ester groups is 1. The van der Waals surface area contributed by atoms with Crippen molar-refractivity contribution in [3.63, 3.8) is 0 Å². The summed E-state index contributed by atoms with van der Waals surface area (Å²) in [6, 6.07) is 0. The number of hydrogen-bond donors (Lipinski definition) is 0. The summed E-state index contributed by atoms with van der Waals surface area (Å²) in [5.41, 5.74) is 0. The Morgan fingerprint density at radius 2 is 0.797 bits per heavy atom. The van der Waals surface area contributed by atoms with Crippen molar-refractivity contribution in [1.82, 2.24) is 0 Å². The minimum Gasteiger partial charge on any atom is -0.756 e. The second kappa shape index (κ2) is 53.0. The van der Waals surface area contributed by atoms with Crippen LogP contribution in [0.5, 0.6) is 0 Å². The number of carbonyl (C=O) groups is 1. The van der Waals surface area contributed by atoms with E-state index in [1.807, 2.05) is 21.1 Å². The van der Waals surface area contributed by atoms with Crippen LogP contribution in [0.1, 0.15) is 284 Å². The monoisotopic (exact) mass is 994 g/mol. The first-order valence-corrected chi connectivity index (χ1v) is 31.2. The number of allylic oxidation sites excluding steroid dienone is 6. The molecule has 8 nitrogen and oxygen atoms in total. The van der Waals surface area contributed by atoms with E-state index >= 15 is 0 Å². The van der Waals surface area contributed by atoms with Gasteiger partial charge in [-0.3, -0.25) is 9.36 Å². The molecule has 69 heavy (non-hydrogen) atoms. The average Bonchev–Trinajstić information content (AvgIpc) is 3.31. The van der Waals surface area contributed by atoms with Crippen LogP contribution < -0.4 is 4.89 Å². The Kier molecular flexibility index (Phi) is 52.0. The lowest BCUT2D eigenvalue weighted by Gasteiger charge is -2.28. The summed E-state index contributed by atoms with van der Waals surface area (Å²) in [6.45, 7) is 5.45. The van der Waals surface area contributed by atoms with Gasteiger partial charge in [-0.15, -0.1) is 0 Å². The smallest absolute Gasteiger partial charge is 0.306 e. The molecule has 0 amide bonds. The number of rotatable bonds is 56. The summed E-state index contributed by atoms with van der Waals surface area (Å²) in [4.78, 5) is 25.3. The fourth-order valence-electron chi connectivity index (χ4n) is 8.62. The Balaban J connectivity index is 4.04. The molecule has 0 saturated carbocycles. The third-order valence-corrected chi connectivity index (χ3v) is 14.2. The molecule has 0 bridgehead atoms. The van der Waals surface area contributed by atoms with Gasteiger partial charge in [-0.1, -0.05) is 262 Å². The van der Waals surface area contributed by atoms with Crippen molar-refractivity contribution in [1.29, 1.82) is 0 Å². The van der Waals surface area contributed by atoms with Gasteiger partial charge in [0.05, 0.1) is 34.4 Å². The van der Waals surface area contributed by atoms with Gasteiger partial charge in [0.2, 0.25) is 0 Å². The number of ether oxygens (including phenoxy) is 2. The van der Waals surface area contributed by atoms with E-state index in [9.17, 15) is 14.3 Å². The van der Waals surface area contributed by atoms with Gasteiger partial charge in [0.1, 0.15) is 19.3 Å². The number of unbranched alkanes of at least 4 members (excludes halogenated alkanes) is 36. The average molecular weight is 995 g/mol. The van der Waals surface area contributed by atoms with Crippen LogP contribution in [0.25, 0.3) is 0 Å². The highest BCUT2D eigenvalue weighted by molar-refractivity contribution is 7.45. The Bertz CT molecular complexity index is 1200. The third-order valence-electron chi connectivity index (χ3n) is 13.2. The lowest BCUT2D eigenvalue weighted by atomic mass is 10.0. The van der Waals surface area contributed by atoms with E-state index in [0.717, 1.165) is 44.9 Å². The molecule has 0 radical (unpaired) electrons. The Morgan fingerprint density at radius 3 is 1.19 bits per heavy atom. The van der Waals surface area contributed by atoms with Crippen molar-refractivity contribution in [3.05, 3.63) is 36.5 Å². The molecule has 0 aliphatic carbocycles. The fourth-order valence-corrected chi connectivity index (χ4v) is 9.34. The van der Waals surface area contributed by atoms with E-state index in [4.69, 9.17) is 18.5 Å². The number of phosphoric acid groups is 1. The van der Waals surface area contributed by atoms with Crippen LogP contribution >= 0.6 is 7.82 Å². The zero-order valence-corrected chi connectivity index (χ0v) is 47.4. The number of hydrogen-bond acceptors (Lipinski definition) is 7. The molecule has 0 aromatic heterocycles. The highest BCUT2D eigenvalue weighted by atomic mass is 31.2. The van der Waals surface area contributed by atoms with E-state index in [2.05, 4.69) is 50.3 Å².